The molecular weight excluding hydrogens is 424 g/mol. The van der Waals surface area contributed by atoms with Crippen molar-refractivity contribution < 1.29 is 9.59 Å². The highest BCUT2D eigenvalue weighted by Crippen LogP contribution is 2.24. The van der Waals surface area contributed by atoms with Crippen molar-refractivity contribution in [2.45, 2.75) is 25.4 Å². The van der Waals surface area contributed by atoms with E-state index in [9.17, 15) is 9.59 Å². The number of para-hydroxylation sites is 1. The molecule has 3 aromatic rings. The van der Waals surface area contributed by atoms with Crippen molar-refractivity contribution in [1.29, 1.82) is 0 Å². The number of benzene rings is 2. The van der Waals surface area contributed by atoms with E-state index in [-0.39, 0.29) is 17.9 Å². The molecule has 1 fully saturated rings. The molecule has 1 aromatic heterocycles. The summed E-state index contributed by atoms with van der Waals surface area (Å²) >= 11 is 5.90. The number of hydrogen-bond donors (Lipinski definition) is 2. The van der Waals surface area contributed by atoms with Gasteiger partial charge in [-0.05, 0) is 60.9 Å². The van der Waals surface area contributed by atoms with Gasteiger partial charge in [-0.25, -0.2) is 0 Å². The van der Waals surface area contributed by atoms with Crippen molar-refractivity contribution >= 4 is 29.1 Å². The van der Waals surface area contributed by atoms with Gasteiger partial charge in [0.2, 0.25) is 0 Å². The Morgan fingerprint density at radius 2 is 1.72 bits per heavy atom. The van der Waals surface area contributed by atoms with Crippen molar-refractivity contribution in [2.75, 3.05) is 18.0 Å². The Balaban J connectivity index is 1.35. The van der Waals surface area contributed by atoms with Crippen LogP contribution in [0.25, 0.3) is 0 Å². The van der Waals surface area contributed by atoms with Crippen LogP contribution in [-0.2, 0) is 6.54 Å². The van der Waals surface area contributed by atoms with Crippen LogP contribution >= 0.6 is 11.6 Å². The van der Waals surface area contributed by atoms with Crippen LogP contribution in [-0.4, -0.2) is 35.9 Å². The number of hydrogen-bond acceptors (Lipinski definition) is 4. The van der Waals surface area contributed by atoms with Crippen molar-refractivity contribution in [3.8, 4) is 0 Å². The first kappa shape index (κ1) is 21.8. The molecule has 2 aromatic carbocycles. The number of pyridine rings is 1. The molecule has 164 valence electrons. The predicted octanol–water partition coefficient (Wildman–Crippen LogP) is 4.06. The second kappa shape index (κ2) is 10.3. The monoisotopic (exact) mass is 448 g/mol. The summed E-state index contributed by atoms with van der Waals surface area (Å²) in [6.07, 6.45) is 5.08. The first-order valence-electron chi connectivity index (χ1n) is 10.7. The van der Waals surface area contributed by atoms with E-state index in [1.165, 1.54) is 0 Å². The van der Waals surface area contributed by atoms with Gasteiger partial charge in [-0.15, -0.1) is 0 Å². The number of rotatable bonds is 6. The highest BCUT2D eigenvalue weighted by Gasteiger charge is 2.24. The normalized spacial score (nSPS) is 14.1. The SMILES string of the molecule is O=C(NC1CCN(c2ccccc2C(=O)NCc2cccnc2)CC1)c1ccc(Cl)cc1. The maximum Gasteiger partial charge on any atom is 0.253 e. The first-order valence-corrected chi connectivity index (χ1v) is 11.1. The van der Waals surface area contributed by atoms with Crippen LogP contribution in [0.4, 0.5) is 5.69 Å². The molecule has 0 atom stereocenters. The number of nitrogens with zero attached hydrogens (tertiary/aromatic N) is 2. The van der Waals surface area contributed by atoms with E-state index < -0.39 is 0 Å². The van der Waals surface area contributed by atoms with E-state index in [4.69, 9.17) is 11.6 Å². The highest BCUT2D eigenvalue weighted by atomic mass is 35.5. The summed E-state index contributed by atoms with van der Waals surface area (Å²) in [6.45, 7) is 1.96. The molecule has 1 aliphatic rings. The summed E-state index contributed by atoms with van der Waals surface area (Å²) < 4.78 is 0. The summed E-state index contributed by atoms with van der Waals surface area (Å²) in [5.74, 6) is -0.196. The molecule has 0 spiro atoms. The lowest BCUT2D eigenvalue weighted by Gasteiger charge is -2.35. The lowest BCUT2D eigenvalue weighted by atomic mass is 10.0. The molecule has 32 heavy (non-hydrogen) atoms. The first-order chi connectivity index (χ1) is 15.6. The maximum atomic E-state index is 12.8. The zero-order valence-corrected chi connectivity index (χ0v) is 18.4. The van der Waals surface area contributed by atoms with Gasteiger partial charge >= 0.3 is 0 Å². The Bertz CT molecular complexity index is 1060. The van der Waals surface area contributed by atoms with Crippen LogP contribution in [0.5, 0.6) is 0 Å². The van der Waals surface area contributed by atoms with Crippen LogP contribution in [0, 0.1) is 0 Å². The van der Waals surface area contributed by atoms with E-state index in [2.05, 4.69) is 20.5 Å². The van der Waals surface area contributed by atoms with Crippen molar-refractivity contribution in [3.63, 3.8) is 0 Å². The van der Waals surface area contributed by atoms with E-state index in [0.717, 1.165) is 37.2 Å². The van der Waals surface area contributed by atoms with Gasteiger partial charge in [0.1, 0.15) is 0 Å². The number of anilines is 1. The molecule has 0 aliphatic carbocycles. The quantitative estimate of drug-likeness (QED) is 0.596. The molecule has 4 rings (SSSR count). The Kier molecular flexibility index (Phi) is 7.02. The topological polar surface area (TPSA) is 74.3 Å². The number of nitrogens with one attached hydrogen (secondary N) is 2. The van der Waals surface area contributed by atoms with Crippen molar-refractivity contribution in [2.24, 2.45) is 0 Å². The largest absolute Gasteiger partial charge is 0.371 e. The second-order valence-electron chi connectivity index (χ2n) is 7.80. The molecule has 0 radical (unpaired) electrons. The molecular formula is C25H25ClN4O2. The Labute approximate surface area is 192 Å². The van der Waals surface area contributed by atoms with Crippen LogP contribution in [0.2, 0.25) is 5.02 Å². The average molecular weight is 449 g/mol. The summed E-state index contributed by atoms with van der Waals surface area (Å²) in [5.41, 5.74) is 3.13. The van der Waals surface area contributed by atoms with Gasteiger partial charge in [0, 0.05) is 54.3 Å². The molecule has 1 saturated heterocycles. The zero-order valence-electron chi connectivity index (χ0n) is 17.6. The minimum Gasteiger partial charge on any atom is -0.371 e. The lowest BCUT2D eigenvalue weighted by molar-refractivity contribution is 0.0929. The van der Waals surface area contributed by atoms with Gasteiger partial charge in [-0.1, -0.05) is 29.8 Å². The summed E-state index contributed by atoms with van der Waals surface area (Å²) in [5, 5.41) is 6.70. The average Bonchev–Trinajstić information content (AvgIpc) is 2.84. The standard InChI is InChI=1S/C25H25ClN4O2/c26-20-9-7-19(8-10-20)24(31)29-21-11-14-30(15-12-21)23-6-2-1-5-22(23)25(32)28-17-18-4-3-13-27-16-18/h1-10,13,16,21H,11-12,14-15,17H2,(H,28,32)(H,29,31). The van der Waals surface area contributed by atoms with Crippen molar-refractivity contribution in [3.05, 3.63) is 94.8 Å². The van der Waals surface area contributed by atoms with Crippen LogP contribution < -0.4 is 15.5 Å². The van der Waals surface area contributed by atoms with Crippen molar-refractivity contribution in [1.82, 2.24) is 15.6 Å². The Morgan fingerprint density at radius 3 is 2.44 bits per heavy atom. The highest BCUT2D eigenvalue weighted by molar-refractivity contribution is 6.30. The predicted molar refractivity (Wildman–Crippen MR) is 126 cm³/mol. The fourth-order valence-corrected chi connectivity index (χ4v) is 3.98. The van der Waals surface area contributed by atoms with Crippen LogP contribution in [0.3, 0.4) is 0 Å². The number of piperidine rings is 1. The molecule has 7 heteroatoms. The minimum atomic E-state index is -0.109. The molecule has 0 unspecified atom stereocenters. The van der Waals surface area contributed by atoms with Gasteiger partial charge in [0.05, 0.1) is 5.56 Å². The smallest absolute Gasteiger partial charge is 0.253 e. The fraction of sp³-hybridized carbons (Fsp3) is 0.240. The van der Waals surface area contributed by atoms with Crippen LogP contribution in [0.1, 0.15) is 39.1 Å². The molecule has 2 amide bonds. The van der Waals surface area contributed by atoms with Crippen LogP contribution in [0.15, 0.2) is 73.1 Å². The second-order valence-corrected chi connectivity index (χ2v) is 8.24. The van der Waals surface area contributed by atoms with E-state index in [0.29, 0.717) is 22.7 Å². The minimum absolute atomic E-state index is 0.0877. The molecule has 2 heterocycles. The number of amides is 2. The van der Waals surface area contributed by atoms with Gasteiger partial charge in [0.15, 0.2) is 0 Å². The Morgan fingerprint density at radius 1 is 0.969 bits per heavy atom. The fourth-order valence-electron chi connectivity index (χ4n) is 3.86. The number of aromatic nitrogens is 1. The zero-order chi connectivity index (χ0) is 22.3. The van der Waals surface area contributed by atoms with E-state index in [1.54, 1.807) is 36.7 Å². The Hall–Kier alpha value is -3.38. The maximum absolute atomic E-state index is 12.8. The summed E-state index contributed by atoms with van der Waals surface area (Å²) in [7, 11) is 0. The third-order valence-corrected chi connectivity index (χ3v) is 5.85. The van der Waals surface area contributed by atoms with E-state index in [1.807, 2.05) is 36.4 Å². The molecule has 0 bridgehead atoms. The third-order valence-electron chi connectivity index (χ3n) is 5.60. The van der Waals surface area contributed by atoms with Gasteiger partial charge in [-0.3, -0.25) is 14.6 Å². The molecule has 6 nitrogen and oxygen atoms in total. The molecule has 1 aliphatic heterocycles. The third kappa shape index (κ3) is 5.45. The molecule has 0 saturated carbocycles. The number of carbonyl (C=O) groups excluding carboxylic acids is 2. The number of carbonyl (C=O) groups is 2. The number of halogens is 1. The lowest BCUT2D eigenvalue weighted by Crippen LogP contribution is -2.45. The summed E-state index contributed by atoms with van der Waals surface area (Å²) in [4.78, 5) is 31.6. The van der Waals surface area contributed by atoms with Gasteiger partial charge in [0.25, 0.3) is 11.8 Å². The van der Waals surface area contributed by atoms with E-state index >= 15 is 0 Å². The van der Waals surface area contributed by atoms with Gasteiger partial charge in [-0.2, -0.15) is 0 Å². The molecule has 2 N–H and O–H groups in total. The summed E-state index contributed by atoms with van der Waals surface area (Å²) in [6, 6.07) is 18.4. The van der Waals surface area contributed by atoms with Gasteiger partial charge < -0.3 is 15.5 Å².